The molecule has 0 bridgehead atoms. The summed E-state index contributed by atoms with van der Waals surface area (Å²) in [5, 5.41) is 3.49. The molecular formula is C17H27N3. The van der Waals surface area contributed by atoms with Crippen molar-refractivity contribution in [3.8, 4) is 0 Å². The lowest BCUT2D eigenvalue weighted by molar-refractivity contribution is 0.494. The van der Waals surface area contributed by atoms with Crippen LogP contribution in [0, 0.1) is 18.8 Å². The van der Waals surface area contributed by atoms with Crippen molar-refractivity contribution in [2.75, 3.05) is 24.5 Å². The third-order valence-electron chi connectivity index (χ3n) is 4.81. The fraction of sp³-hybridized carbons (Fsp3) is 0.706. The maximum Gasteiger partial charge on any atom is 0.129 e. The van der Waals surface area contributed by atoms with Gasteiger partial charge in [-0.25, -0.2) is 4.98 Å². The van der Waals surface area contributed by atoms with Crippen molar-refractivity contribution in [3.63, 3.8) is 0 Å². The minimum atomic E-state index is 0.930. The number of hydrogen-bond acceptors (Lipinski definition) is 3. The second-order valence-corrected chi connectivity index (χ2v) is 6.51. The van der Waals surface area contributed by atoms with Crippen LogP contribution in [-0.4, -0.2) is 24.6 Å². The van der Waals surface area contributed by atoms with Crippen molar-refractivity contribution < 1.29 is 0 Å². The number of hydrogen-bond donors (Lipinski definition) is 1. The zero-order valence-electron chi connectivity index (χ0n) is 12.9. The Morgan fingerprint density at radius 1 is 1.25 bits per heavy atom. The molecule has 2 fully saturated rings. The van der Waals surface area contributed by atoms with Gasteiger partial charge in [-0.2, -0.15) is 0 Å². The van der Waals surface area contributed by atoms with Crippen LogP contribution in [0.2, 0.25) is 0 Å². The smallest absolute Gasteiger partial charge is 0.129 e. The first-order chi connectivity index (χ1) is 9.76. The quantitative estimate of drug-likeness (QED) is 0.835. The highest BCUT2D eigenvalue weighted by atomic mass is 15.2. The van der Waals surface area contributed by atoms with Gasteiger partial charge in [0.1, 0.15) is 5.82 Å². The molecule has 0 spiro atoms. The molecule has 0 radical (unpaired) electrons. The Bertz CT molecular complexity index is 446. The Morgan fingerprint density at radius 3 is 2.70 bits per heavy atom. The van der Waals surface area contributed by atoms with E-state index in [2.05, 4.69) is 36.2 Å². The van der Waals surface area contributed by atoms with Gasteiger partial charge < -0.3 is 10.2 Å². The van der Waals surface area contributed by atoms with Crippen LogP contribution in [0.5, 0.6) is 0 Å². The first-order valence-corrected chi connectivity index (χ1v) is 8.19. The summed E-state index contributed by atoms with van der Waals surface area (Å²) < 4.78 is 0. The van der Waals surface area contributed by atoms with Crippen molar-refractivity contribution >= 4 is 5.82 Å². The summed E-state index contributed by atoms with van der Waals surface area (Å²) >= 11 is 0. The molecule has 3 nitrogen and oxygen atoms in total. The van der Waals surface area contributed by atoms with Gasteiger partial charge in [-0.15, -0.1) is 0 Å². The fourth-order valence-electron chi connectivity index (χ4n) is 3.82. The highest BCUT2D eigenvalue weighted by Crippen LogP contribution is 2.39. The molecular weight excluding hydrogens is 246 g/mol. The molecule has 1 saturated carbocycles. The Morgan fingerprint density at radius 2 is 2.00 bits per heavy atom. The molecule has 1 aliphatic carbocycles. The Labute approximate surface area is 122 Å². The molecule has 2 aliphatic rings. The molecule has 3 rings (SSSR count). The van der Waals surface area contributed by atoms with Gasteiger partial charge in [0.05, 0.1) is 0 Å². The molecule has 3 heteroatoms. The van der Waals surface area contributed by atoms with Crippen LogP contribution >= 0.6 is 0 Å². The second-order valence-electron chi connectivity index (χ2n) is 6.51. The van der Waals surface area contributed by atoms with Crippen LogP contribution < -0.4 is 10.2 Å². The number of rotatable bonds is 5. The van der Waals surface area contributed by atoms with Gasteiger partial charge in [-0.3, -0.25) is 0 Å². The monoisotopic (exact) mass is 273 g/mol. The third-order valence-corrected chi connectivity index (χ3v) is 4.81. The number of aryl methyl sites for hydroxylation is 1. The number of nitrogens with one attached hydrogen (secondary N) is 1. The number of nitrogens with zero attached hydrogens (tertiary/aromatic N) is 2. The first kappa shape index (κ1) is 13.9. The predicted molar refractivity (Wildman–Crippen MR) is 84.0 cm³/mol. The van der Waals surface area contributed by atoms with Crippen LogP contribution in [0.25, 0.3) is 0 Å². The molecule has 2 atom stereocenters. The molecule has 2 heterocycles. The largest absolute Gasteiger partial charge is 0.356 e. The zero-order valence-corrected chi connectivity index (χ0v) is 12.9. The molecule has 1 saturated heterocycles. The standard InChI is InChI=1S/C17H27N3/c1-3-7-18-10-14-8-13(2)19-17(9-14)20-11-15-5-4-6-16(15)12-20/h8-9,15-16,18H,3-7,10-12H2,1-2H3. The van der Waals surface area contributed by atoms with E-state index >= 15 is 0 Å². The van der Waals surface area contributed by atoms with Crippen LogP contribution in [0.4, 0.5) is 5.82 Å². The molecule has 1 aromatic rings. The van der Waals surface area contributed by atoms with E-state index in [-0.39, 0.29) is 0 Å². The molecule has 1 aliphatic heterocycles. The van der Waals surface area contributed by atoms with Crippen LogP contribution in [0.3, 0.4) is 0 Å². The molecule has 110 valence electrons. The average Bonchev–Trinajstić information content (AvgIpc) is 2.99. The number of pyridine rings is 1. The summed E-state index contributed by atoms with van der Waals surface area (Å²) in [6.45, 7) is 8.82. The van der Waals surface area contributed by atoms with E-state index in [9.17, 15) is 0 Å². The lowest BCUT2D eigenvalue weighted by Gasteiger charge is -2.20. The van der Waals surface area contributed by atoms with E-state index in [0.29, 0.717) is 0 Å². The summed E-state index contributed by atoms with van der Waals surface area (Å²) in [5.74, 6) is 3.06. The summed E-state index contributed by atoms with van der Waals surface area (Å²) in [7, 11) is 0. The average molecular weight is 273 g/mol. The van der Waals surface area contributed by atoms with Crippen molar-refractivity contribution in [3.05, 3.63) is 23.4 Å². The third kappa shape index (κ3) is 2.98. The number of anilines is 1. The zero-order chi connectivity index (χ0) is 13.9. The van der Waals surface area contributed by atoms with Gasteiger partial charge in [-0.05, 0) is 62.3 Å². The Balaban J connectivity index is 1.69. The van der Waals surface area contributed by atoms with Crippen molar-refractivity contribution in [1.82, 2.24) is 10.3 Å². The van der Waals surface area contributed by atoms with Gasteiger partial charge in [-0.1, -0.05) is 13.3 Å². The lowest BCUT2D eigenvalue weighted by atomic mass is 10.0. The van der Waals surface area contributed by atoms with Gasteiger partial charge in [0, 0.05) is 25.3 Å². The summed E-state index contributed by atoms with van der Waals surface area (Å²) in [6.07, 6.45) is 5.48. The van der Waals surface area contributed by atoms with E-state index in [1.807, 2.05) is 0 Å². The van der Waals surface area contributed by atoms with E-state index in [1.165, 1.54) is 50.2 Å². The maximum atomic E-state index is 4.77. The molecule has 20 heavy (non-hydrogen) atoms. The first-order valence-electron chi connectivity index (χ1n) is 8.19. The minimum absolute atomic E-state index is 0.930. The molecule has 1 N–H and O–H groups in total. The van der Waals surface area contributed by atoms with Crippen LogP contribution in [-0.2, 0) is 6.54 Å². The van der Waals surface area contributed by atoms with Crippen molar-refractivity contribution in [2.45, 2.75) is 46.1 Å². The van der Waals surface area contributed by atoms with E-state index < -0.39 is 0 Å². The normalized spacial score (nSPS) is 25.2. The number of fused-ring (bicyclic) bond motifs is 1. The highest BCUT2D eigenvalue weighted by molar-refractivity contribution is 5.44. The summed E-state index contributed by atoms with van der Waals surface area (Å²) in [4.78, 5) is 7.29. The summed E-state index contributed by atoms with van der Waals surface area (Å²) in [6, 6.07) is 4.50. The minimum Gasteiger partial charge on any atom is -0.356 e. The summed E-state index contributed by atoms with van der Waals surface area (Å²) in [5.41, 5.74) is 2.52. The van der Waals surface area contributed by atoms with E-state index in [0.717, 1.165) is 30.6 Å². The van der Waals surface area contributed by atoms with Crippen molar-refractivity contribution in [2.24, 2.45) is 11.8 Å². The number of aromatic nitrogens is 1. The SMILES string of the molecule is CCCNCc1cc(C)nc(N2CC3CCCC3C2)c1. The van der Waals surface area contributed by atoms with Gasteiger partial charge in [0.15, 0.2) is 0 Å². The van der Waals surface area contributed by atoms with Crippen LogP contribution in [0.15, 0.2) is 12.1 Å². The fourth-order valence-corrected chi connectivity index (χ4v) is 3.82. The molecule has 1 aromatic heterocycles. The second kappa shape index (κ2) is 6.13. The highest BCUT2D eigenvalue weighted by Gasteiger charge is 2.36. The van der Waals surface area contributed by atoms with Gasteiger partial charge >= 0.3 is 0 Å². The van der Waals surface area contributed by atoms with E-state index in [1.54, 1.807) is 0 Å². The van der Waals surface area contributed by atoms with Crippen molar-refractivity contribution in [1.29, 1.82) is 0 Å². The predicted octanol–water partition coefficient (Wildman–Crippen LogP) is 3.13. The lowest BCUT2D eigenvalue weighted by Crippen LogP contribution is -2.23. The van der Waals surface area contributed by atoms with Gasteiger partial charge in [0.2, 0.25) is 0 Å². The van der Waals surface area contributed by atoms with Crippen LogP contribution in [0.1, 0.15) is 43.9 Å². The van der Waals surface area contributed by atoms with Gasteiger partial charge in [0.25, 0.3) is 0 Å². The molecule has 2 unspecified atom stereocenters. The maximum absolute atomic E-state index is 4.77. The molecule has 0 aromatic carbocycles. The Hall–Kier alpha value is -1.09. The van der Waals surface area contributed by atoms with E-state index in [4.69, 9.17) is 4.98 Å². The topological polar surface area (TPSA) is 28.2 Å². The Kier molecular flexibility index (Phi) is 4.25. The molecule has 0 amide bonds.